The monoisotopic (exact) mass is 490 g/mol. The Labute approximate surface area is 204 Å². The van der Waals surface area contributed by atoms with E-state index in [0.29, 0.717) is 18.1 Å². The minimum Gasteiger partial charge on any atom is -0.494 e. The largest absolute Gasteiger partial charge is 0.494 e. The number of amides is 1. The number of benzene rings is 2. The molecule has 1 fully saturated rings. The first-order chi connectivity index (χ1) is 15.7. The maximum atomic E-state index is 11.6. The molecule has 0 bridgehead atoms. The highest BCUT2D eigenvalue weighted by molar-refractivity contribution is 6.31. The number of aromatic nitrogens is 1. The highest BCUT2D eigenvalue weighted by atomic mass is 35.5. The molecule has 1 aromatic heterocycles. The van der Waals surface area contributed by atoms with Gasteiger partial charge in [0.2, 0.25) is 5.91 Å². The molecule has 0 radical (unpaired) electrons. The lowest BCUT2D eigenvalue weighted by atomic mass is 10.0. The Hall–Kier alpha value is -2.48. The first-order valence-electron chi connectivity index (χ1n) is 11.2. The third-order valence-electron chi connectivity index (χ3n) is 6.20. The Bertz CT molecular complexity index is 1110. The number of fused-ring (bicyclic) bond motifs is 2. The van der Waals surface area contributed by atoms with Crippen LogP contribution in [0.15, 0.2) is 40.9 Å². The van der Waals surface area contributed by atoms with Crippen molar-refractivity contribution in [1.29, 1.82) is 0 Å². The summed E-state index contributed by atoms with van der Waals surface area (Å²) in [7, 11) is 0. The number of halogens is 2. The molecule has 0 atom stereocenters. The number of anilines is 2. The van der Waals surface area contributed by atoms with Crippen LogP contribution < -0.4 is 15.0 Å². The van der Waals surface area contributed by atoms with Crippen LogP contribution in [0.1, 0.15) is 24.8 Å². The number of ether oxygens (including phenoxy) is 1. The molecule has 1 N–H and O–H groups in total. The van der Waals surface area contributed by atoms with Crippen molar-refractivity contribution >= 4 is 52.4 Å². The van der Waals surface area contributed by atoms with Crippen LogP contribution in [-0.2, 0) is 11.2 Å². The van der Waals surface area contributed by atoms with Crippen LogP contribution in [0, 0.1) is 0 Å². The lowest BCUT2D eigenvalue weighted by Crippen LogP contribution is -2.46. The molecule has 176 valence electrons. The summed E-state index contributed by atoms with van der Waals surface area (Å²) in [4.78, 5) is 16.3. The molecular weight excluding hydrogens is 463 g/mol. The molecule has 5 rings (SSSR count). The number of hydrogen-bond donors (Lipinski definition) is 1. The number of unbranched alkanes of at least 4 members (excludes halogenated alkanes) is 1. The van der Waals surface area contributed by atoms with Crippen molar-refractivity contribution in [3.63, 3.8) is 0 Å². The van der Waals surface area contributed by atoms with Gasteiger partial charge >= 0.3 is 0 Å². The van der Waals surface area contributed by atoms with E-state index < -0.39 is 0 Å². The molecule has 2 aliphatic rings. The summed E-state index contributed by atoms with van der Waals surface area (Å²) in [6, 6.07) is 11.7. The molecule has 0 spiro atoms. The van der Waals surface area contributed by atoms with Gasteiger partial charge in [0, 0.05) is 55.4 Å². The lowest BCUT2D eigenvalue weighted by molar-refractivity contribution is -0.116. The molecule has 2 aliphatic heterocycles. The number of carbonyl (C=O) groups excluding carboxylic acids is 1. The normalized spacial score (nSPS) is 16.3. The Kier molecular flexibility index (Phi) is 7.63. The van der Waals surface area contributed by atoms with E-state index in [2.05, 4.69) is 26.3 Å². The number of piperazine rings is 1. The van der Waals surface area contributed by atoms with Crippen LogP contribution in [0.5, 0.6) is 5.75 Å². The van der Waals surface area contributed by atoms with Gasteiger partial charge in [-0.1, -0.05) is 22.8 Å². The van der Waals surface area contributed by atoms with Gasteiger partial charge in [-0.3, -0.25) is 9.69 Å². The predicted octanol–water partition coefficient (Wildman–Crippen LogP) is 4.77. The van der Waals surface area contributed by atoms with Crippen LogP contribution in [-0.4, -0.2) is 55.3 Å². The summed E-state index contributed by atoms with van der Waals surface area (Å²) in [6.45, 7) is 5.62. The standard InChI is InChI=1S/C24H27ClN4O3.ClH/c25-18-5-7-20-22(15-18)32-27-24(20)29-12-10-28(11-13-29)9-1-2-14-31-19-6-3-17-4-8-23(30)26-21(17)16-19;/h3,5-7,15-16H,1-2,4,8-14H2,(H,26,30);1H. The van der Waals surface area contributed by atoms with Gasteiger partial charge in [0.25, 0.3) is 0 Å². The molecule has 1 saturated heterocycles. The molecule has 7 nitrogen and oxygen atoms in total. The van der Waals surface area contributed by atoms with Gasteiger partial charge in [-0.05, 0) is 49.6 Å². The van der Waals surface area contributed by atoms with Gasteiger partial charge in [0.05, 0.1) is 12.0 Å². The zero-order chi connectivity index (χ0) is 21.9. The van der Waals surface area contributed by atoms with E-state index in [1.54, 1.807) is 0 Å². The molecular formula is C24H28Cl2N4O3. The Morgan fingerprint density at radius 1 is 1.06 bits per heavy atom. The molecule has 3 aromatic rings. The van der Waals surface area contributed by atoms with E-state index in [1.807, 2.05) is 30.3 Å². The molecule has 1 amide bonds. The fraction of sp³-hybridized carbons (Fsp3) is 0.417. The predicted molar refractivity (Wildman–Crippen MR) is 133 cm³/mol. The molecule has 0 unspecified atom stereocenters. The fourth-order valence-corrected chi connectivity index (χ4v) is 4.54. The third-order valence-corrected chi connectivity index (χ3v) is 6.44. The van der Waals surface area contributed by atoms with Gasteiger partial charge in [0.1, 0.15) is 5.75 Å². The van der Waals surface area contributed by atoms with E-state index in [-0.39, 0.29) is 18.3 Å². The number of nitrogens with zero attached hydrogens (tertiary/aromatic N) is 3. The van der Waals surface area contributed by atoms with Crippen LogP contribution in [0.4, 0.5) is 11.5 Å². The van der Waals surface area contributed by atoms with E-state index in [1.165, 1.54) is 5.56 Å². The number of hydrogen-bond acceptors (Lipinski definition) is 6. The summed E-state index contributed by atoms with van der Waals surface area (Å²) in [5.41, 5.74) is 2.80. The van der Waals surface area contributed by atoms with Crippen LogP contribution >= 0.6 is 24.0 Å². The second-order valence-corrected chi connectivity index (χ2v) is 8.83. The molecule has 9 heteroatoms. The van der Waals surface area contributed by atoms with Crippen LogP contribution in [0.25, 0.3) is 11.0 Å². The lowest BCUT2D eigenvalue weighted by Gasteiger charge is -2.34. The second kappa shape index (κ2) is 10.6. The van der Waals surface area contributed by atoms with Crippen molar-refractivity contribution in [1.82, 2.24) is 10.1 Å². The zero-order valence-electron chi connectivity index (χ0n) is 18.4. The minimum atomic E-state index is 0. The molecule has 3 heterocycles. The summed E-state index contributed by atoms with van der Waals surface area (Å²) in [5.74, 6) is 1.81. The zero-order valence-corrected chi connectivity index (χ0v) is 20.0. The number of nitrogens with one attached hydrogen (secondary N) is 1. The maximum absolute atomic E-state index is 11.6. The van der Waals surface area contributed by atoms with Crippen LogP contribution in [0.3, 0.4) is 0 Å². The third kappa shape index (κ3) is 5.54. The molecule has 33 heavy (non-hydrogen) atoms. The SMILES string of the molecule is Cl.O=C1CCc2ccc(OCCCCN3CCN(c4noc5cc(Cl)ccc45)CC3)cc2N1. The van der Waals surface area contributed by atoms with E-state index in [9.17, 15) is 4.79 Å². The summed E-state index contributed by atoms with van der Waals surface area (Å²) >= 11 is 6.04. The first kappa shape index (κ1) is 23.7. The molecule has 0 aliphatic carbocycles. The second-order valence-electron chi connectivity index (χ2n) is 8.40. The van der Waals surface area contributed by atoms with Crippen molar-refractivity contribution < 1.29 is 14.1 Å². The Morgan fingerprint density at radius 2 is 1.91 bits per heavy atom. The molecule has 2 aromatic carbocycles. The minimum absolute atomic E-state index is 0. The van der Waals surface area contributed by atoms with Crippen molar-refractivity contribution in [3.8, 4) is 5.75 Å². The van der Waals surface area contributed by atoms with E-state index in [0.717, 1.165) is 80.2 Å². The van der Waals surface area contributed by atoms with Crippen molar-refractivity contribution in [2.75, 3.05) is 49.5 Å². The van der Waals surface area contributed by atoms with Crippen molar-refractivity contribution in [3.05, 3.63) is 47.0 Å². The summed E-state index contributed by atoms with van der Waals surface area (Å²) < 4.78 is 11.4. The average molecular weight is 491 g/mol. The number of rotatable bonds is 7. The van der Waals surface area contributed by atoms with E-state index in [4.69, 9.17) is 20.9 Å². The Morgan fingerprint density at radius 3 is 2.76 bits per heavy atom. The summed E-state index contributed by atoms with van der Waals surface area (Å²) in [6.07, 6.45) is 3.45. The van der Waals surface area contributed by atoms with Crippen molar-refractivity contribution in [2.24, 2.45) is 0 Å². The highest BCUT2D eigenvalue weighted by Crippen LogP contribution is 2.29. The van der Waals surface area contributed by atoms with Gasteiger partial charge in [0.15, 0.2) is 11.4 Å². The average Bonchev–Trinajstić information content (AvgIpc) is 3.22. The van der Waals surface area contributed by atoms with Gasteiger partial charge in [-0.25, -0.2) is 0 Å². The first-order valence-corrected chi connectivity index (χ1v) is 11.6. The van der Waals surface area contributed by atoms with Crippen molar-refractivity contribution in [2.45, 2.75) is 25.7 Å². The quantitative estimate of drug-likeness (QED) is 0.481. The van der Waals surface area contributed by atoms with Crippen LogP contribution in [0.2, 0.25) is 5.02 Å². The highest BCUT2D eigenvalue weighted by Gasteiger charge is 2.21. The fourth-order valence-electron chi connectivity index (χ4n) is 4.38. The van der Waals surface area contributed by atoms with E-state index >= 15 is 0 Å². The smallest absolute Gasteiger partial charge is 0.224 e. The Balaban J connectivity index is 0.00000259. The topological polar surface area (TPSA) is 70.8 Å². The van der Waals surface area contributed by atoms with Gasteiger partial charge < -0.3 is 19.5 Å². The maximum Gasteiger partial charge on any atom is 0.224 e. The van der Waals surface area contributed by atoms with Gasteiger partial charge in [-0.2, -0.15) is 0 Å². The summed E-state index contributed by atoms with van der Waals surface area (Å²) in [5, 5.41) is 8.87. The molecule has 0 saturated carbocycles. The number of carbonyl (C=O) groups is 1. The van der Waals surface area contributed by atoms with Gasteiger partial charge in [-0.15, -0.1) is 12.4 Å². The number of aryl methyl sites for hydroxylation is 1.